The van der Waals surface area contributed by atoms with Gasteiger partial charge in [-0.25, -0.2) is 4.79 Å². The molecule has 0 amide bonds. The van der Waals surface area contributed by atoms with E-state index in [2.05, 4.69) is 0 Å². The molecule has 1 saturated heterocycles. The van der Waals surface area contributed by atoms with E-state index in [1.807, 2.05) is 0 Å². The van der Waals surface area contributed by atoms with Crippen LogP contribution in [-0.2, 0) is 19.0 Å². The second kappa shape index (κ2) is 3.87. The lowest BCUT2D eigenvalue weighted by Gasteiger charge is -2.30. The molecule has 0 aromatic heterocycles. The molecule has 0 N–H and O–H groups in total. The maximum absolute atomic E-state index is 11.3. The highest BCUT2D eigenvalue weighted by molar-refractivity contribution is 5.79. The number of esters is 1. The second-order valence-electron chi connectivity index (χ2n) is 2.79. The van der Waals surface area contributed by atoms with Crippen molar-refractivity contribution in [3.05, 3.63) is 6.79 Å². The summed E-state index contributed by atoms with van der Waals surface area (Å²) in [5.74, 6) is -0.329. The van der Waals surface area contributed by atoms with Gasteiger partial charge in [-0.15, -0.1) is 0 Å². The van der Waals surface area contributed by atoms with E-state index in [1.165, 1.54) is 6.79 Å². The molecule has 69 valence electrons. The van der Waals surface area contributed by atoms with Gasteiger partial charge in [0.25, 0.3) is 0 Å². The second-order valence-corrected chi connectivity index (χ2v) is 2.79. The number of rotatable bonds is 2. The van der Waals surface area contributed by atoms with Gasteiger partial charge >= 0.3 is 5.97 Å². The van der Waals surface area contributed by atoms with Crippen LogP contribution in [0.1, 0.15) is 20.3 Å². The first-order chi connectivity index (χ1) is 5.69. The zero-order valence-electron chi connectivity index (χ0n) is 7.33. The lowest BCUT2D eigenvalue weighted by atomic mass is 10.0. The Morgan fingerprint density at radius 3 is 3.00 bits per heavy atom. The van der Waals surface area contributed by atoms with Crippen molar-refractivity contribution in [2.24, 2.45) is 0 Å². The predicted molar refractivity (Wildman–Crippen MR) is 41.0 cm³/mol. The summed E-state index contributed by atoms with van der Waals surface area (Å²) in [4.78, 5) is 11.3. The van der Waals surface area contributed by atoms with Crippen LogP contribution >= 0.6 is 0 Å². The van der Waals surface area contributed by atoms with Crippen molar-refractivity contribution in [2.75, 3.05) is 13.2 Å². The van der Waals surface area contributed by atoms with Crippen LogP contribution in [-0.4, -0.2) is 24.8 Å². The molecule has 12 heavy (non-hydrogen) atoms. The minimum atomic E-state index is -0.853. The molecule has 0 aromatic rings. The first kappa shape index (κ1) is 9.48. The van der Waals surface area contributed by atoms with Crippen molar-refractivity contribution in [3.8, 4) is 0 Å². The van der Waals surface area contributed by atoms with E-state index in [0.717, 1.165) is 0 Å². The maximum Gasteiger partial charge on any atom is 0.338 e. The Morgan fingerprint density at radius 1 is 1.75 bits per heavy atom. The SMILES string of the molecule is CCOC(=O)C1(C)CCO[CH]O1. The topological polar surface area (TPSA) is 44.8 Å². The van der Waals surface area contributed by atoms with Crippen LogP contribution in [0.5, 0.6) is 0 Å². The third-order valence-electron chi connectivity index (χ3n) is 1.78. The molecule has 1 atom stereocenters. The summed E-state index contributed by atoms with van der Waals surface area (Å²) in [6.45, 7) is 5.53. The summed E-state index contributed by atoms with van der Waals surface area (Å²) in [5, 5.41) is 0. The van der Waals surface area contributed by atoms with Crippen molar-refractivity contribution in [2.45, 2.75) is 25.9 Å². The molecule has 4 heteroatoms. The van der Waals surface area contributed by atoms with E-state index in [9.17, 15) is 4.79 Å². The van der Waals surface area contributed by atoms with Gasteiger partial charge in [0.15, 0.2) is 5.60 Å². The minimum Gasteiger partial charge on any atom is -0.464 e. The zero-order valence-corrected chi connectivity index (χ0v) is 7.33. The molecule has 1 aliphatic rings. The molecule has 0 aliphatic carbocycles. The normalized spacial score (nSPS) is 29.8. The lowest BCUT2D eigenvalue weighted by molar-refractivity contribution is -0.187. The summed E-state index contributed by atoms with van der Waals surface area (Å²) in [6.07, 6.45) is 0.530. The van der Waals surface area contributed by atoms with Gasteiger partial charge in [-0.3, -0.25) is 0 Å². The van der Waals surface area contributed by atoms with Crippen molar-refractivity contribution in [3.63, 3.8) is 0 Å². The molecule has 1 radical (unpaired) electrons. The average Bonchev–Trinajstić information content (AvgIpc) is 2.06. The van der Waals surface area contributed by atoms with Crippen molar-refractivity contribution in [1.82, 2.24) is 0 Å². The monoisotopic (exact) mass is 173 g/mol. The van der Waals surface area contributed by atoms with Crippen molar-refractivity contribution >= 4 is 5.97 Å². The Hall–Kier alpha value is -0.610. The van der Waals surface area contributed by atoms with Gasteiger partial charge < -0.3 is 14.2 Å². The van der Waals surface area contributed by atoms with Crippen LogP contribution in [0.25, 0.3) is 0 Å². The minimum absolute atomic E-state index is 0.329. The molecule has 4 nitrogen and oxygen atoms in total. The molecule has 0 bridgehead atoms. The Kier molecular flexibility index (Phi) is 3.05. The zero-order chi connectivity index (χ0) is 9.03. The summed E-state index contributed by atoms with van der Waals surface area (Å²) >= 11 is 0. The van der Waals surface area contributed by atoms with Gasteiger partial charge in [0, 0.05) is 6.42 Å². The third-order valence-corrected chi connectivity index (χ3v) is 1.78. The molecule has 1 heterocycles. The van der Waals surface area contributed by atoms with Crippen LogP contribution in [0, 0.1) is 6.79 Å². The van der Waals surface area contributed by atoms with Crippen LogP contribution in [0.15, 0.2) is 0 Å². The maximum atomic E-state index is 11.3. The Morgan fingerprint density at radius 2 is 2.50 bits per heavy atom. The summed E-state index contributed by atoms with van der Waals surface area (Å²) < 4.78 is 14.7. The highest BCUT2D eigenvalue weighted by atomic mass is 16.7. The van der Waals surface area contributed by atoms with E-state index in [1.54, 1.807) is 13.8 Å². The number of carbonyl (C=O) groups is 1. The Balaban J connectivity index is 2.50. The number of hydrogen-bond donors (Lipinski definition) is 0. The molecule has 1 rings (SSSR count). The first-order valence-electron chi connectivity index (χ1n) is 3.97. The summed E-state index contributed by atoms with van der Waals surface area (Å²) in [6, 6.07) is 0. The summed E-state index contributed by atoms with van der Waals surface area (Å²) in [7, 11) is 0. The van der Waals surface area contributed by atoms with E-state index < -0.39 is 5.60 Å². The van der Waals surface area contributed by atoms with E-state index in [4.69, 9.17) is 14.2 Å². The molecular formula is C8H13O4. The predicted octanol–water partition coefficient (Wildman–Crippen LogP) is 0.864. The van der Waals surface area contributed by atoms with E-state index in [0.29, 0.717) is 19.6 Å². The summed E-state index contributed by atoms with van der Waals surface area (Å²) in [5.41, 5.74) is -0.853. The van der Waals surface area contributed by atoms with Crippen molar-refractivity contribution < 1.29 is 19.0 Å². The molecule has 0 saturated carbocycles. The fraction of sp³-hybridized carbons (Fsp3) is 0.750. The molecule has 1 unspecified atom stereocenters. The standard InChI is InChI=1S/C8H13O4/c1-3-11-7(9)8(2)4-5-10-6-12-8/h6H,3-5H2,1-2H3. The van der Waals surface area contributed by atoms with E-state index in [-0.39, 0.29) is 5.97 Å². The highest BCUT2D eigenvalue weighted by Gasteiger charge is 2.38. The van der Waals surface area contributed by atoms with Gasteiger partial charge in [-0.2, -0.15) is 0 Å². The fourth-order valence-corrected chi connectivity index (χ4v) is 0.935. The van der Waals surface area contributed by atoms with Gasteiger partial charge in [0.05, 0.1) is 13.2 Å². The first-order valence-corrected chi connectivity index (χ1v) is 3.97. The molecule has 1 aliphatic heterocycles. The average molecular weight is 173 g/mol. The quantitative estimate of drug-likeness (QED) is 0.581. The molecule has 0 aromatic carbocycles. The van der Waals surface area contributed by atoms with Gasteiger partial charge in [-0.05, 0) is 13.8 Å². The van der Waals surface area contributed by atoms with Crippen LogP contribution < -0.4 is 0 Å². The number of carbonyl (C=O) groups excluding carboxylic acids is 1. The van der Waals surface area contributed by atoms with Gasteiger partial charge in [-0.1, -0.05) is 0 Å². The Bertz CT molecular complexity index is 160. The van der Waals surface area contributed by atoms with Gasteiger partial charge in [0.1, 0.15) is 0 Å². The van der Waals surface area contributed by atoms with Gasteiger partial charge in [0.2, 0.25) is 6.79 Å². The highest BCUT2D eigenvalue weighted by Crippen LogP contribution is 2.23. The van der Waals surface area contributed by atoms with E-state index >= 15 is 0 Å². The number of ether oxygens (including phenoxy) is 3. The van der Waals surface area contributed by atoms with Crippen LogP contribution in [0.3, 0.4) is 0 Å². The number of hydrogen-bond acceptors (Lipinski definition) is 4. The largest absolute Gasteiger partial charge is 0.464 e. The van der Waals surface area contributed by atoms with Crippen LogP contribution in [0.4, 0.5) is 0 Å². The molecule has 1 fully saturated rings. The smallest absolute Gasteiger partial charge is 0.338 e. The van der Waals surface area contributed by atoms with Crippen LogP contribution in [0.2, 0.25) is 0 Å². The third kappa shape index (κ3) is 1.95. The lowest BCUT2D eigenvalue weighted by Crippen LogP contribution is -2.43. The molecule has 0 spiro atoms. The van der Waals surface area contributed by atoms with Crippen molar-refractivity contribution in [1.29, 1.82) is 0 Å². The Labute approximate surface area is 71.8 Å². The molecular weight excluding hydrogens is 160 g/mol. The fourth-order valence-electron chi connectivity index (χ4n) is 0.935.